The molecule has 0 aliphatic carbocycles. The zero-order valence-electron chi connectivity index (χ0n) is 21.1. The van der Waals surface area contributed by atoms with E-state index in [-0.39, 0.29) is 6.17 Å². The maximum absolute atomic E-state index is 9.47. The van der Waals surface area contributed by atoms with E-state index in [0.717, 1.165) is 39.2 Å². The lowest BCUT2D eigenvalue weighted by Gasteiger charge is -2.19. The van der Waals surface area contributed by atoms with E-state index in [1.807, 2.05) is 42.5 Å². The van der Waals surface area contributed by atoms with Crippen molar-refractivity contribution in [2.24, 2.45) is 9.98 Å². The van der Waals surface area contributed by atoms with Gasteiger partial charge in [0.1, 0.15) is 0 Å². The van der Waals surface area contributed by atoms with Crippen LogP contribution in [0.25, 0.3) is 27.5 Å². The molecule has 0 saturated heterocycles. The Labute approximate surface area is 226 Å². The van der Waals surface area contributed by atoms with Gasteiger partial charge < -0.3 is 4.57 Å². The predicted molar refractivity (Wildman–Crippen MR) is 156 cm³/mol. The second-order valence-electron chi connectivity index (χ2n) is 9.58. The molecular formula is C34H24N5+. The number of fused-ring (bicyclic) bond motifs is 3. The van der Waals surface area contributed by atoms with Crippen LogP contribution in [0, 0.1) is 11.3 Å². The maximum Gasteiger partial charge on any atom is 0.235 e. The SMILES string of the molecule is N#Cc1cccc(C2=NC(c3cccc(-n4c5ccccc5c5ccccc54)c3)=NC(c3ccccc3)[NH2+]2)c1. The van der Waals surface area contributed by atoms with Gasteiger partial charge in [-0.3, -0.25) is 5.32 Å². The topological polar surface area (TPSA) is 70.0 Å². The first kappa shape index (κ1) is 22.9. The minimum atomic E-state index is -0.184. The van der Waals surface area contributed by atoms with Crippen molar-refractivity contribution in [3.05, 3.63) is 150 Å². The normalized spacial score (nSPS) is 15.1. The first-order valence-corrected chi connectivity index (χ1v) is 12.9. The molecule has 0 saturated carbocycles. The molecule has 1 unspecified atom stereocenters. The van der Waals surface area contributed by atoms with Crippen LogP contribution in [0.5, 0.6) is 0 Å². The van der Waals surface area contributed by atoms with Crippen molar-refractivity contribution in [1.82, 2.24) is 4.57 Å². The van der Waals surface area contributed by atoms with Gasteiger partial charge in [-0.1, -0.05) is 84.9 Å². The van der Waals surface area contributed by atoms with Crippen LogP contribution in [0.1, 0.15) is 28.4 Å². The summed E-state index contributed by atoms with van der Waals surface area (Å²) in [5.41, 5.74) is 6.93. The summed E-state index contributed by atoms with van der Waals surface area (Å²) in [4.78, 5) is 10.1. The zero-order chi connectivity index (χ0) is 26.2. The molecule has 2 N–H and O–H groups in total. The fourth-order valence-corrected chi connectivity index (χ4v) is 5.35. The number of nitrogens with zero attached hydrogens (tertiary/aromatic N) is 4. The number of rotatable bonds is 4. The third-order valence-electron chi connectivity index (χ3n) is 7.17. The molecule has 5 heteroatoms. The molecule has 6 aromatic rings. The molecule has 0 bridgehead atoms. The number of nitrogens with two attached hydrogens (primary N) is 1. The lowest BCUT2D eigenvalue weighted by molar-refractivity contribution is -0.586. The van der Waals surface area contributed by atoms with Gasteiger partial charge in [-0.2, -0.15) is 10.3 Å². The van der Waals surface area contributed by atoms with Gasteiger partial charge in [-0.05, 0) is 42.5 Å². The molecule has 2 heterocycles. The van der Waals surface area contributed by atoms with Crippen LogP contribution in [-0.2, 0) is 0 Å². The lowest BCUT2D eigenvalue weighted by Crippen LogP contribution is -2.90. The monoisotopic (exact) mass is 502 g/mol. The van der Waals surface area contributed by atoms with E-state index in [1.165, 1.54) is 10.8 Å². The second kappa shape index (κ2) is 9.53. The van der Waals surface area contributed by atoms with Crippen LogP contribution in [0.4, 0.5) is 0 Å². The molecular weight excluding hydrogens is 478 g/mol. The number of aliphatic imine (C=N–C) groups is 2. The minimum absolute atomic E-state index is 0.184. The molecule has 1 aliphatic heterocycles. The number of amidine groups is 2. The summed E-state index contributed by atoms with van der Waals surface area (Å²) in [6, 6.07) is 45.5. The minimum Gasteiger partial charge on any atom is -0.309 e. The number of quaternary nitrogens is 1. The fourth-order valence-electron chi connectivity index (χ4n) is 5.35. The number of nitriles is 1. The van der Waals surface area contributed by atoms with Crippen LogP contribution in [0.2, 0.25) is 0 Å². The molecule has 0 amide bonds. The molecule has 7 rings (SSSR count). The van der Waals surface area contributed by atoms with Crippen LogP contribution in [-0.4, -0.2) is 16.2 Å². The Morgan fingerprint density at radius 1 is 0.667 bits per heavy atom. The van der Waals surface area contributed by atoms with Gasteiger partial charge in [-0.25, -0.2) is 4.99 Å². The third-order valence-corrected chi connectivity index (χ3v) is 7.17. The first-order valence-electron chi connectivity index (χ1n) is 12.9. The van der Waals surface area contributed by atoms with Crippen LogP contribution < -0.4 is 5.32 Å². The zero-order valence-corrected chi connectivity index (χ0v) is 21.1. The molecule has 0 spiro atoms. The number of benzene rings is 5. The maximum atomic E-state index is 9.47. The molecule has 1 atom stereocenters. The van der Waals surface area contributed by atoms with E-state index < -0.39 is 0 Å². The van der Waals surface area contributed by atoms with E-state index in [1.54, 1.807) is 0 Å². The highest BCUT2D eigenvalue weighted by Crippen LogP contribution is 2.32. The summed E-state index contributed by atoms with van der Waals surface area (Å²) in [7, 11) is 0. The number of hydrogen-bond acceptors (Lipinski definition) is 3. The Hall–Kier alpha value is -5.31. The summed E-state index contributed by atoms with van der Waals surface area (Å²) < 4.78 is 2.30. The summed E-state index contributed by atoms with van der Waals surface area (Å²) in [5.74, 6) is 1.49. The van der Waals surface area contributed by atoms with Gasteiger partial charge in [0.15, 0.2) is 5.84 Å². The van der Waals surface area contributed by atoms with Crippen molar-refractivity contribution >= 4 is 33.5 Å². The molecule has 5 aromatic carbocycles. The van der Waals surface area contributed by atoms with Crippen molar-refractivity contribution in [3.63, 3.8) is 0 Å². The Morgan fingerprint density at radius 3 is 2.08 bits per heavy atom. The van der Waals surface area contributed by atoms with Gasteiger partial charge in [0.2, 0.25) is 12.0 Å². The molecule has 1 aliphatic rings. The Bertz CT molecular complexity index is 1900. The smallest absolute Gasteiger partial charge is 0.235 e. The van der Waals surface area contributed by atoms with Crippen LogP contribution in [0.3, 0.4) is 0 Å². The largest absolute Gasteiger partial charge is 0.309 e. The summed E-state index contributed by atoms with van der Waals surface area (Å²) in [6.45, 7) is 0. The van der Waals surface area contributed by atoms with E-state index in [0.29, 0.717) is 11.4 Å². The third kappa shape index (κ3) is 4.10. The van der Waals surface area contributed by atoms with E-state index in [2.05, 4.69) is 101 Å². The second-order valence-corrected chi connectivity index (χ2v) is 9.58. The van der Waals surface area contributed by atoms with Crippen molar-refractivity contribution in [2.75, 3.05) is 0 Å². The van der Waals surface area contributed by atoms with Crippen molar-refractivity contribution in [3.8, 4) is 11.8 Å². The predicted octanol–water partition coefficient (Wildman–Crippen LogP) is 6.12. The molecule has 184 valence electrons. The molecule has 0 radical (unpaired) electrons. The van der Waals surface area contributed by atoms with Crippen LogP contribution >= 0.6 is 0 Å². The van der Waals surface area contributed by atoms with E-state index in [4.69, 9.17) is 9.98 Å². The summed E-state index contributed by atoms with van der Waals surface area (Å²) >= 11 is 0. The highest BCUT2D eigenvalue weighted by Gasteiger charge is 2.26. The van der Waals surface area contributed by atoms with Crippen LogP contribution in [0.15, 0.2) is 137 Å². The Morgan fingerprint density at radius 2 is 1.33 bits per heavy atom. The lowest BCUT2D eigenvalue weighted by atomic mass is 10.1. The van der Waals surface area contributed by atoms with Gasteiger partial charge in [-0.15, -0.1) is 0 Å². The van der Waals surface area contributed by atoms with Crippen molar-refractivity contribution in [2.45, 2.75) is 6.17 Å². The van der Waals surface area contributed by atoms with Crippen molar-refractivity contribution in [1.29, 1.82) is 5.26 Å². The quantitative estimate of drug-likeness (QED) is 0.310. The van der Waals surface area contributed by atoms with Gasteiger partial charge >= 0.3 is 0 Å². The standard InChI is InChI=1S/C34H23N5/c35-22-23-10-8-13-25(20-23)33-36-32(24-11-2-1-3-12-24)37-34(38-33)26-14-9-15-27(21-26)39-30-18-6-4-16-28(30)29-17-5-7-19-31(29)39/h1-21,32H,(H,36,37,38)/p+1. The van der Waals surface area contributed by atoms with E-state index in [9.17, 15) is 5.26 Å². The summed E-state index contributed by atoms with van der Waals surface area (Å²) in [5, 5.41) is 14.0. The molecule has 0 fully saturated rings. The molecule has 1 aromatic heterocycles. The highest BCUT2D eigenvalue weighted by molar-refractivity contribution is 6.11. The number of para-hydroxylation sites is 2. The Balaban J connectivity index is 1.39. The van der Waals surface area contributed by atoms with Gasteiger partial charge in [0, 0.05) is 27.6 Å². The van der Waals surface area contributed by atoms with Gasteiger partial charge in [0.25, 0.3) is 0 Å². The fraction of sp³-hybridized carbons (Fsp3) is 0.0294. The van der Waals surface area contributed by atoms with Gasteiger partial charge in [0.05, 0.1) is 28.2 Å². The number of hydrogen-bond donors (Lipinski definition) is 1. The molecule has 5 nitrogen and oxygen atoms in total. The number of aromatic nitrogens is 1. The van der Waals surface area contributed by atoms with E-state index >= 15 is 0 Å². The molecule has 39 heavy (non-hydrogen) atoms. The summed E-state index contributed by atoms with van der Waals surface area (Å²) in [6.07, 6.45) is -0.184. The highest BCUT2D eigenvalue weighted by atomic mass is 15.2. The van der Waals surface area contributed by atoms with Crippen molar-refractivity contribution < 1.29 is 5.32 Å². The first-order chi connectivity index (χ1) is 19.3. The average Bonchev–Trinajstić information content (AvgIpc) is 3.36. The average molecular weight is 503 g/mol. The Kier molecular flexibility index (Phi) is 5.59.